The molecule has 0 spiro atoms. The van der Waals surface area contributed by atoms with E-state index in [0.29, 0.717) is 5.92 Å². The standard InChI is InChI=1S/C14H21BrN2O2/c1-14(2,3)19-13(18)17-5-4-10(9-17)11-6-12(15)8-16-7-11/h6-8,10,13,18H,4-5,9H2,1-3H3. The molecule has 2 atom stereocenters. The van der Waals surface area contributed by atoms with Crippen LogP contribution in [-0.4, -0.2) is 40.1 Å². The lowest BCUT2D eigenvalue weighted by atomic mass is 10.0. The zero-order valence-corrected chi connectivity index (χ0v) is 13.2. The molecule has 0 aromatic carbocycles. The number of aliphatic hydroxyl groups excluding tert-OH is 1. The Morgan fingerprint density at radius 1 is 1.47 bits per heavy atom. The van der Waals surface area contributed by atoms with Crippen LogP contribution >= 0.6 is 15.9 Å². The molecule has 1 aliphatic rings. The van der Waals surface area contributed by atoms with Gasteiger partial charge in [0.1, 0.15) is 0 Å². The number of nitrogens with zero attached hydrogens (tertiary/aromatic N) is 2. The van der Waals surface area contributed by atoms with E-state index in [9.17, 15) is 5.11 Å². The molecule has 19 heavy (non-hydrogen) atoms. The van der Waals surface area contributed by atoms with Crippen molar-refractivity contribution in [2.45, 2.75) is 45.1 Å². The maximum absolute atomic E-state index is 10.1. The van der Waals surface area contributed by atoms with Gasteiger partial charge < -0.3 is 9.84 Å². The van der Waals surface area contributed by atoms with E-state index in [1.165, 1.54) is 5.56 Å². The first kappa shape index (κ1) is 14.9. The molecule has 106 valence electrons. The first-order chi connectivity index (χ1) is 8.85. The molecule has 5 heteroatoms. The van der Waals surface area contributed by atoms with Crippen LogP contribution in [0.15, 0.2) is 22.9 Å². The predicted molar refractivity (Wildman–Crippen MR) is 77.7 cm³/mol. The van der Waals surface area contributed by atoms with Gasteiger partial charge >= 0.3 is 0 Å². The second-order valence-electron chi connectivity index (χ2n) is 5.97. The highest BCUT2D eigenvalue weighted by Crippen LogP contribution is 2.29. The summed E-state index contributed by atoms with van der Waals surface area (Å²) in [5.41, 5.74) is 0.870. The lowest BCUT2D eigenvalue weighted by Gasteiger charge is -2.29. The molecule has 0 saturated carbocycles. The maximum Gasteiger partial charge on any atom is 0.216 e. The van der Waals surface area contributed by atoms with Crippen LogP contribution in [0.5, 0.6) is 0 Å². The number of aromatic nitrogens is 1. The molecule has 0 bridgehead atoms. The average Bonchev–Trinajstić information content (AvgIpc) is 2.75. The molecule has 1 aromatic heterocycles. The van der Waals surface area contributed by atoms with E-state index >= 15 is 0 Å². The minimum atomic E-state index is -0.829. The van der Waals surface area contributed by atoms with E-state index < -0.39 is 6.41 Å². The lowest BCUT2D eigenvalue weighted by Crippen LogP contribution is -2.40. The maximum atomic E-state index is 10.1. The van der Waals surface area contributed by atoms with Crippen molar-refractivity contribution in [3.8, 4) is 0 Å². The minimum absolute atomic E-state index is 0.338. The predicted octanol–water partition coefficient (Wildman–Crippen LogP) is 2.72. The van der Waals surface area contributed by atoms with Crippen molar-refractivity contribution < 1.29 is 9.84 Å². The average molecular weight is 329 g/mol. The normalized spacial score (nSPS) is 22.7. The van der Waals surface area contributed by atoms with Crippen LogP contribution in [0.4, 0.5) is 0 Å². The Morgan fingerprint density at radius 3 is 2.84 bits per heavy atom. The Morgan fingerprint density at radius 2 is 2.21 bits per heavy atom. The molecule has 4 nitrogen and oxygen atoms in total. The van der Waals surface area contributed by atoms with Crippen LogP contribution in [0.3, 0.4) is 0 Å². The molecule has 0 radical (unpaired) electrons. The minimum Gasteiger partial charge on any atom is -0.356 e. The van der Waals surface area contributed by atoms with Crippen LogP contribution in [0.25, 0.3) is 0 Å². The van der Waals surface area contributed by atoms with E-state index in [0.717, 1.165) is 24.0 Å². The van der Waals surface area contributed by atoms with Gasteiger partial charge in [-0.05, 0) is 60.7 Å². The number of rotatable bonds is 3. The summed E-state index contributed by atoms with van der Waals surface area (Å²) in [6.45, 7) is 7.48. The number of hydrogen-bond donors (Lipinski definition) is 1. The van der Waals surface area contributed by atoms with Crippen molar-refractivity contribution in [2.24, 2.45) is 0 Å². The third kappa shape index (κ3) is 4.24. The van der Waals surface area contributed by atoms with Gasteiger partial charge in [-0.2, -0.15) is 0 Å². The van der Waals surface area contributed by atoms with E-state index in [-0.39, 0.29) is 5.60 Å². The van der Waals surface area contributed by atoms with Crippen LogP contribution in [0.1, 0.15) is 38.7 Å². The van der Waals surface area contributed by atoms with Gasteiger partial charge in [0, 0.05) is 30.0 Å². The molecule has 1 saturated heterocycles. The van der Waals surface area contributed by atoms with Gasteiger partial charge in [0.15, 0.2) is 0 Å². The first-order valence-corrected chi connectivity index (χ1v) is 7.35. The van der Waals surface area contributed by atoms with E-state index in [1.54, 1.807) is 6.20 Å². The van der Waals surface area contributed by atoms with Gasteiger partial charge in [-0.15, -0.1) is 0 Å². The summed E-state index contributed by atoms with van der Waals surface area (Å²) >= 11 is 3.44. The smallest absolute Gasteiger partial charge is 0.216 e. The highest BCUT2D eigenvalue weighted by atomic mass is 79.9. The Hall–Kier alpha value is -0.490. The van der Waals surface area contributed by atoms with Crippen LogP contribution in [0, 0.1) is 0 Å². The topological polar surface area (TPSA) is 45.6 Å². The van der Waals surface area contributed by atoms with Crippen LogP contribution in [-0.2, 0) is 4.74 Å². The van der Waals surface area contributed by atoms with Crippen molar-refractivity contribution in [2.75, 3.05) is 13.1 Å². The van der Waals surface area contributed by atoms with E-state index in [2.05, 4.69) is 27.0 Å². The number of ether oxygens (including phenoxy) is 1. The van der Waals surface area contributed by atoms with Gasteiger partial charge in [-0.3, -0.25) is 9.88 Å². The molecule has 1 N–H and O–H groups in total. The molecular weight excluding hydrogens is 308 g/mol. The summed E-state index contributed by atoms with van der Waals surface area (Å²) in [5, 5.41) is 10.1. The summed E-state index contributed by atoms with van der Waals surface area (Å²) in [4.78, 5) is 6.17. The molecule has 2 rings (SSSR count). The van der Waals surface area contributed by atoms with Gasteiger partial charge in [-0.1, -0.05) is 0 Å². The quantitative estimate of drug-likeness (QED) is 0.866. The summed E-state index contributed by atoms with van der Waals surface area (Å²) < 4.78 is 6.58. The molecule has 2 unspecified atom stereocenters. The monoisotopic (exact) mass is 328 g/mol. The van der Waals surface area contributed by atoms with Crippen molar-refractivity contribution >= 4 is 15.9 Å². The molecule has 2 heterocycles. The fraction of sp³-hybridized carbons (Fsp3) is 0.643. The second-order valence-corrected chi connectivity index (χ2v) is 6.89. The first-order valence-electron chi connectivity index (χ1n) is 6.55. The van der Waals surface area contributed by atoms with Gasteiger partial charge in [-0.25, -0.2) is 0 Å². The number of hydrogen-bond acceptors (Lipinski definition) is 4. The Bertz CT molecular complexity index is 434. The van der Waals surface area contributed by atoms with Crippen molar-refractivity contribution in [1.82, 2.24) is 9.88 Å². The van der Waals surface area contributed by atoms with E-state index in [1.807, 2.05) is 31.9 Å². The van der Waals surface area contributed by atoms with Crippen molar-refractivity contribution in [1.29, 1.82) is 0 Å². The van der Waals surface area contributed by atoms with Crippen LogP contribution in [0.2, 0.25) is 0 Å². The van der Waals surface area contributed by atoms with E-state index in [4.69, 9.17) is 4.74 Å². The summed E-state index contributed by atoms with van der Waals surface area (Å²) in [6.07, 6.45) is 3.87. The van der Waals surface area contributed by atoms with Gasteiger partial charge in [0.25, 0.3) is 0 Å². The SMILES string of the molecule is CC(C)(C)OC(O)N1CCC(c2cncc(Br)c2)C1. The van der Waals surface area contributed by atoms with Gasteiger partial charge in [0.2, 0.25) is 6.41 Å². The fourth-order valence-corrected chi connectivity index (χ4v) is 2.68. The Kier molecular flexibility index (Phi) is 4.61. The molecule has 0 amide bonds. The lowest BCUT2D eigenvalue weighted by molar-refractivity contribution is -0.234. The largest absolute Gasteiger partial charge is 0.356 e. The molecule has 1 aromatic rings. The van der Waals surface area contributed by atoms with Gasteiger partial charge in [0.05, 0.1) is 5.60 Å². The third-order valence-corrected chi connectivity index (χ3v) is 3.62. The molecule has 1 aliphatic heterocycles. The summed E-state index contributed by atoms with van der Waals surface area (Å²) in [7, 11) is 0. The molecule has 0 aliphatic carbocycles. The number of likely N-dealkylation sites (tertiary alicyclic amines) is 1. The summed E-state index contributed by atoms with van der Waals surface area (Å²) in [5.74, 6) is 0.406. The zero-order chi connectivity index (χ0) is 14.0. The number of aliphatic hydroxyl groups is 1. The highest BCUT2D eigenvalue weighted by Gasteiger charge is 2.30. The number of pyridine rings is 1. The Labute approximate surface area is 122 Å². The highest BCUT2D eigenvalue weighted by molar-refractivity contribution is 9.10. The van der Waals surface area contributed by atoms with Crippen LogP contribution < -0.4 is 0 Å². The molecular formula is C14H21BrN2O2. The fourth-order valence-electron chi connectivity index (χ4n) is 2.30. The Balaban J connectivity index is 1.96. The zero-order valence-electron chi connectivity index (χ0n) is 11.6. The molecule has 1 fully saturated rings. The van der Waals surface area contributed by atoms with Crippen molar-refractivity contribution in [3.63, 3.8) is 0 Å². The second kappa shape index (κ2) is 5.87. The third-order valence-electron chi connectivity index (χ3n) is 3.19. The van der Waals surface area contributed by atoms with Crippen molar-refractivity contribution in [3.05, 3.63) is 28.5 Å². The summed E-state index contributed by atoms with van der Waals surface area (Å²) in [6, 6.07) is 2.10. The number of halogens is 1.